The summed E-state index contributed by atoms with van der Waals surface area (Å²) in [5, 5.41) is 26.7. The second kappa shape index (κ2) is 33.3. The number of fused-ring (bicyclic) bond motifs is 3. The summed E-state index contributed by atoms with van der Waals surface area (Å²) in [6, 6.07) is -1.97. The Kier molecular flexibility index (Phi) is 26.4. The molecule has 4 fully saturated rings. The van der Waals surface area contributed by atoms with Crippen molar-refractivity contribution in [3.8, 4) is 0 Å². The van der Waals surface area contributed by atoms with E-state index in [1.54, 1.807) is 40.5 Å². The first-order chi connectivity index (χ1) is 42.6. The van der Waals surface area contributed by atoms with Crippen LogP contribution in [0.2, 0.25) is 0 Å². The molecule has 0 aromatic carbocycles. The molecule has 6 heterocycles. The second-order valence-electron chi connectivity index (χ2n) is 25.3. The molecule has 0 radical (unpaired) electrons. The third-order valence-electron chi connectivity index (χ3n) is 18.7. The number of alkyl carbamates (subject to hydrolysis) is 1. The highest BCUT2D eigenvalue weighted by Gasteiger charge is 2.53. The van der Waals surface area contributed by atoms with Crippen molar-refractivity contribution in [1.29, 1.82) is 0 Å². The van der Waals surface area contributed by atoms with Gasteiger partial charge in [0.2, 0.25) is 17.7 Å². The molecule has 492 valence electrons. The van der Waals surface area contributed by atoms with Crippen molar-refractivity contribution in [1.82, 2.24) is 30.2 Å². The van der Waals surface area contributed by atoms with Crippen LogP contribution in [0.4, 0.5) is 16.7 Å². The third kappa shape index (κ3) is 18.8. The Hall–Kier alpha value is -6.05. The zero-order valence-electron chi connectivity index (χ0n) is 54.2. The standard InChI is InChI=1S/C66H99N9O14/c1-40-17-13-12-14-18-42(3)53(83-8)33-49-22-20-46(7)66(82,89-49)60(78)61(79)75-24-16-15-19-51(75)62(80)87-55(34-54(84-9)43(4)30-45(6)58(77)59(86-11)57(76)44(5)29-40)50(67)31-47-21-23-52(56(32-47)85-10)88-65(81)72-39-48-37-70-64(71-38-48)74-27-25-73(26-28-74)63-68-35-41(2)36-69-63/h12-14,17-18,30,35-38,40,43-44,46-47,49-56,58-59,77,82H,15-16,19-29,31-34,39,67H2,1-11H3,(H,72,81)/b14-12?,17-13+,42-18?,45-30+/t40-,43-,44-,46-,47+,49+,50-,51+,52-,53+,54-,55+,56-,58-,59+,66-/m1/s1. The number of aromatic nitrogens is 4. The highest BCUT2D eigenvalue weighted by molar-refractivity contribution is 6.39. The number of piperazine rings is 1. The number of ether oxygens (including phenoxy) is 7. The molecule has 3 saturated heterocycles. The van der Waals surface area contributed by atoms with Crippen molar-refractivity contribution in [2.24, 2.45) is 35.3 Å². The quantitative estimate of drug-likeness (QED) is 0.101. The third-order valence-corrected chi connectivity index (χ3v) is 18.7. The van der Waals surface area contributed by atoms with E-state index in [0.29, 0.717) is 100 Å². The highest BCUT2D eigenvalue weighted by Crippen LogP contribution is 2.38. The monoisotopic (exact) mass is 1240 g/mol. The summed E-state index contributed by atoms with van der Waals surface area (Å²) in [6.07, 6.45) is 16.6. The van der Waals surface area contributed by atoms with E-state index in [0.717, 1.165) is 24.2 Å². The largest absolute Gasteiger partial charge is 0.459 e. The molecule has 5 N–H and O–H groups in total. The molecule has 7 rings (SSSR count). The Labute approximate surface area is 525 Å². The van der Waals surface area contributed by atoms with Gasteiger partial charge in [0, 0.05) is 135 Å². The minimum atomic E-state index is -2.46. The number of hydrogen-bond donors (Lipinski definition) is 4. The van der Waals surface area contributed by atoms with Crippen LogP contribution < -0.4 is 20.9 Å². The number of methoxy groups -OCH3 is 4. The lowest BCUT2D eigenvalue weighted by Crippen LogP contribution is -2.61. The molecule has 1 aliphatic carbocycles. The zero-order chi connectivity index (χ0) is 64.5. The van der Waals surface area contributed by atoms with Crippen LogP contribution in [0, 0.1) is 36.5 Å². The van der Waals surface area contributed by atoms with E-state index in [1.807, 2.05) is 83.5 Å². The number of carbonyl (C=O) groups excluding carboxylic acids is 5. The van der Waals surface area contributed by atoms with Crippen LogP contribution in [0.15, 0.2) is 72.4 Å². The van der Waals surface area contributed by atoms with Gasteiger partial charge in [-0.1, -0.05) is 64.2 Å². The fraction of sp³-hybridized carbons (Fsp3) is 0.682. The van der Waals surface area contributed by atoms with Crippen LogP contribution in [0.1, 0.15) is 130 Å². The smallest absolute Gasteiger partial charge is 0.407 e. The first-order valence-corrected chi connectivity index (χ1v) is 31.9. The van der Waals surface area contributed by atoms with Crippen LogP contribution in [-0.2, 0) is 58.9 Å². The molecule has 23 nitrogen and oxygen atoms in total. The molecule has 2 bridgehead atoms. The number of aliphatic hydroxyl groups excluding tert-OH is 1. The number of rotatable bonds is 12. The number of hydrogen-bond acceptors (Lipinski definition) is 21. The first kappa shape index (κ1) is 70.4. The van der Waals surface area contributed by atoms with Crippen LogP contribution in [0.3, 0.4) is 0 Å². The molecule has 2 aromatic heterocycles. The van der Waals surface area contributed by atoms with Crippen molar-refractivity contribution in [3.05, 3.63) is 83.5 Å². The topological polar surface area (TPSA) is 290 Å². The summed E-state index contributed by atoms with van der Waals surface area (Å²) in [5.41, 5.74) is 10.2. The minimum absolute atomic E-state index is 0.0101. The van der Waals surface area contributed by atoms with Gasteiger partial charge in [0.15, 0.2) is 5.78 Å². The summed E-state index contributed by atoms with van der Waals surface area (Å²) >= 11 is 0. The number of amides is 2. The molecular formula is C66H99N9O14. The lowest BCUT2D eigenvalue weighted by Gasteiger charge is -2.43. The van der Waals surface area contributed by atoms with Crippen molar-refractivity contribution in [2.45, 2.75) is 199 Å². The Balaban J connectivity index is 1.05. The predicted molar refractivity (Wildman–Crippen MR) is 334 cm³/mol. The van der Waals surface area contributed by atoms with Gasteiger partial charge in [-0.2, -0.15) is 0 Å². The number of Topliss-reactive ketones (excluding diaryl/α,β-unsaturated/α-hetero) is 2. The molecule has 89 heavy (non-hydrogen) atoms. The van der Waals surface area contributed by atoms with E-state index in [-0.39, 0.29) is 43.6 Å². The van der Waals surface area contributed by atoms with E-state index in [1.165, 1.54) is 19.1 Å². The molecule has 1 saturated carbocycles. The average molecular weight is 1240 g/mol. The Morgan fingerprint density at radius 1 is 0.753 bits per heavy atom. The fourth-order valence-electron chi connectivity index (χ4n) is 13.1. The molecule has 23 heteroatoms. The number of piperidine rings is 1. The van der Waals surface area contributed by atoms with E-state index >= 15 is 0 Å². The maximum absolute atomic E-state index is 14.8. The van der Waals surface area contributed by atoms with Gasteiger partial charge in [0.1, 0.15) is 30.5 Å². The van der Waals surface area contributed by atoms with Crippen molar-refractivity contribution in [3.63, 3.8) is 0 Å². The zero-order valence-corrected chi connectivity index (χ0v) is 54.2. The van der Waals surface area contributed by atoms with Crippen LogP contribution in [0.5, 0.6) is 0 Å². The van der Waals surface area contributed by atoms with Crippen molar-refractivity contribution < 1.29 is 67.3 Å². The minimum Gasteiger partial charge on any atom is -0.459 e. The number of allylic oxidation sites excluding steroid dienone is 5. The summed E-state index contributed by atoms with van der Waals surface area (Å²) in [5.74, 6) is -6.01. The van der Waals surface area contributed by atoms with E-state index in [4.69, 9.17) is 38.9 Å². The highest BCUT2D eigenvalue weighted by atomic mass is 16.6. The predicted octanol–water partition coefficient (Wildman–Crippen LogP) is 6.47. The normalized spacial score (nSPS) is 33.5. The van der Waals surface area contributed by atoms with E-state index in [2.05, 4.69) is 35.1 Å². The number of esters is 1. The van der Waals surface area contributed by atoms with Crippen LogP contribution >= 0.6 is 0 Å². The number of ketones is 2. The SMILES string of the molecule is CO[C@H]1C[C@@H]2CC[C@@H](C)[C@@](O)(O2)C(=O)C(=O)N2CCCC[C@H]2C(=O)O[C@H]([C@H](N)C[C@@H]2CC[C@@H](OC(=O)NCc3cnc(N4CCN(c5ncc(C)cn5)CC4)nc3)[C@H](OC)C2)C[C@@H](OC)[C@H](C)/C=C(\C)[C@@H](O)[C@@H](OC)C(=O)[C@H](C)C[C@H](C)/C=C/C=CC=C1C. The lowest BCUT2D eigenvalue weighted by atomic mass is 9.80. The van der Waals surface area contributed by atoms with Gasteiger partial charge in [0.25, 0.3) is 11.7 Å². The Bertz CT molecular complexity index is 2780. The number of anilines is 2. The summed E-state index contributed by atoms with van der Waals surface area (Å²) in [4.78, 5) is 94.6. The Morgan fingerprint density at radius 3 is 2.06 bits per heavy atom. The van der Waals surface area contributed by atoms with Gasteiger partial charge in [-0.25, -0.2) is 29.5 Å². The number of cyclic esters (lactones) is 1. The number of nitrogens with zero attached hydrogens (tertiary/aromatic N) is 7. The first-order valence-electron chi connectivity index (χ1n) is 31.9. The second-order valence-corrected chi connectivity index (χ2v) is 25.3. The molecule has 5 aliphatic rings. The van der Waals surface area contributed by atoms with E-state index in [9.17, 15) is 34.2 Å². The van der Waals surface area contributed by atoms with Gasteiger partial charge < -0.3 is 69.1 Å². The van der Waals surface area contributed by atoms with Crippen molar-refractivity contribution in [2.75, 3.05) is 71.0 Å². The summed E-state index contributed by atoms with van der Waals surface area (Å²) in [6.45, 7) is 16.1. The van der Waals surface area contributed by atoms with Crippen molar-refractivity contribution >= 4 is 41.4 Å². The molecule has 0 unspecified atom stereocenters. The van der Waals surface area contributed by atoms with Gasteiger partial charge >= 0.3 is 12.1 Å². The molecular weight excluding hydrogens is 1140 g/mol. The fourth-order valence-corrected chi connectivity index (χ4v) is 13.1. The Morgan fingerprint density at radius 2 is 1.42 bits per heavy atom. The molecule has 16 atom stereocenters. The maximum Gasteiger partial charge on any atom is 0.407 e. The van der Waals surface area contributed by atoms with Gasteiger partial charge in [0.05, 0.1) is 24.4 Å². The number of carbonyl (C=O) groups is 5. The van der Waals surface area contributed by atoms with Gasteiger partial charge in [-0.15, -0.1) is 0 Å². The molecule has 2 amide bonds. The maximum atomic E-state index is 14.8. The van der Waals surface area contributed by atoms with Gasteiger partial charge in [-0.3, -0.25) is 14.4 Å². The molecule has 4 aliphatic heterocycles. The molecule has 2 aromatic rings. The van der Waals surface area contributed by atoms with E-state index < -0.39 is 108 Å². The summed E-state index contributed by atoms with van der Waals surface area (Å²) < 4.78 is 42.3. The van der Waals surface area contributed by atoms with Crippen LogP contribution in [-0.4, -0.2) is 192 Å². The number of nitrogens with two attached hydrogens (primary N) is 1. The lowest BCUT2D eigenvalue weighted by molar-refractivity contribution is -0.265. The van der Waals surface area contributed by atoms with Gasteiger partial charge in [-0.05, 0) is 114 Å². The number of nitrogens with one attached hydrogen (secondary N) is 1. The van der Waals surface area contributed by atoms with Crippen LogP contribution in [0.25, 0.3) is 0 Å². The number of aliphatic hydroxyl groups is 2. The number of aryl methyl sites for hydroxylation is 1. The average Bonchev–Trinajstić information content (AvgIpc) is 3.13. The molecule has 0 spiro atoms. The summed E-state index contributed by atoms with van der Waals surface area (Å²) in [7, 11) is 6.09.